The Balaban J connectivity index is 1.74. The van der Waals surface area contributed by atoms with Gasteiger partial charge in [-0.25, -0.2) is 0 Å². The van der Waals surface area contributed by atoms with Gasteiger partial charge in [0.15, 0.2) is 0 Å². The van der Waals surface area contributed by atoms with Crippen LogP contribution >= 0.6 is 12.2 Å². The van der Waals surface area contributed by atoms with Crippen molar-refractivity contribution in [1.29, 1.82) is 0 Å². The first-order valence-electron chi connectivity index (χ1n) is 9.67. The third kappa shape index (κ3) is 2.79. The molecule has 1 aliphatic carbocycles. The minimum absolute atomic E-state index is 0.161. The van der Waals surface area contributed by atoms with Crippen molar-refractivity contribution in [2.24, 2.45) is 5.73 Å². The van der Waals surface area contributed by atoms with Crippen molar-refractivity contribution >= 4 is 23.2 Å². The lowest BCUT2D eigenvalue weighted by atomic mass is 9.72. The molecule has 0 amide bonds. The van der Waals surface area contributed by atoms with Crippen LogP contribution in [0, 0.1) is 4.51 Å². The highest BCUT2D eigenvalue weighted by molar-refractivity contribution is 7.71. The van der Waals surface area contributed by atoms with E-state index in [0.717, 1.165) is 50.8 Å². The van der Waals surface area contributed by atoms with E-state index >= 15 is 0 Å². The molecule has 5 rings (SSSR count). The number of rotatable bonds is 3. The van der Waals surface area contributed by atoms with Crippen molar-refractivity contribution in [2.45, 2.75) is 24.8 Å². The third-order valence-corrected chi connectivity index (χ3v) is 6.25. The molecule has 0 unspecified atom stereocenters. The molecule has 3 heteroatoms. The summed E-state index contributed by atoms with van der Waals surface area (Å²) in [6.45, 7) is 0. The number of benzene rings is 3. The van der Waals surface area contributed by atoms with Crippen LogP contribution in [0.25, 0.3) is 33.4 Å². The van der Waals surface area contributed by atoms with Crippen LogP contribution in [0.1, 0.15) is 24.8 Å². The van der Waals surface area contributed by atoms with Gasteiger partial charge < -0.3 is 10.2 Å². The van der Waals surface area contributed by atoms with Crippen LogP contribution in [0.5, 0.6) is 0 Å². The Morgan fingerprint density at radius 1 is 0.786 bits per heavy atom. The highest BCUT2D eigenvalue weighted by Gasteiger charge is 2.34. The van der Waals surface area contributed by atoms with Gasteiger partial charge in [-0.3, -0.25) is 0 Å². The lowest BCUT2D eigenvalue weighted by Crippen LogP contribution is -2.43. The molecule has 28 heavy (non-hydrogen) atoms. The quantitative estimate of drug-likeness (QED) is 0.394. The van der Waals surface area contributed by atoms with E-state index in [9.17, 15) is 0 Å². The number of hydrogen-bond donors (Lipinski definition) is 1. The summed E-state index contributed by atoms with van der Waals surface area (Å²) in [5, 5.41) is 0.963. The zero-order valence-corrected chi connectivity index (χ0v) is 16.3. The second kappa shape index (κ2) is 6.69. The second-order valence-corrected chi connectivity index (χ2v) is 7.99. The molecule has 2 N–H and O–H groups in total. The molecule has 4 aromatic rings. The largest absolute Gasteiger partial charge is 0.455 e. The molecule has 1 saturated carbocycles. The number of fused-ring (bicyclic) bond motifs is 1. The molecule has 0 atom stereocenters. The van der Waals surface area contributed by atoms with Gasteiger partial charge in [-0.1, -0.05) is 78.9 Å². The highest BCUT2D eigenvalue weighted by Crippen LogP contribution is 2.41. The first-order valence-corrected chi connectivity index (χ1v) is 10.1. The summed E-state index contributed by atoms with van der Waals surface area (Å²) in [5.41, 5.74) is 11.4. The molecule has 1 aliphatic rings. The fourth-order valence-electron chi connectivity index (χ4n) is 4.01. The molecule has 3 aromatic carbocycles. The predicted octanol–water partition coefficient (Wildman–Crippen LogP) is 6.83. The lowest BCUT2D eigenvalue weighted by Gasteiger charge is -2.38. The molecule has 0 radical (unpaired) electrons. The van der Waals surface area contributed by atoms with Crippen LogP contribution in [-0.4, -0.2) is 0 Å². The molecular formula is C25H21NOS. The summed E-state index contributed by atoms with van der Waals surface area (Å²) >= 11 is 5.92. The maximum absolute atomic E-state index is 6.50. The van der Waals surface area contributed by atoms with E-state index in [1.165, 1.54) is 12.0 Å². The second-order valence-electron chi connectivity index (χ2n) is 7.58. The van der Waals surface area contributed by atoms with Crippen molar-refractivity contribution in [3.8, 4) is 22.5 Å². The fraction of sp³-hybridized carbons (Fsp3) is 0.160. The van der Waals surface area contributed by atoms with Crippen molar-refractivity contribution in [2.75, 3.05) is 0 Å². The van der Waals surface area contributed by atoms with Crippen molar-refractivity contribution in [3.05, 3.63) is 88.9 Å². The van der Waals surface area contributed by atoms with E-state index in [1.807, 2.05) is 42.5 Å². The van der Waals surface area contributed by atoms with Crippen molar-refractivity contribution < 1.29 is 4.42 Å². The van der Waals surface area contributed by atoms with E-state index in [4.69, 9.17) is 22.4 Å². The smallest absolute Gasteiger partial charge is 0.143 e. The average molecular weight is 384 g/mol. The van der Waals surface area contributed by atoms with Crippen LogP contribution in [0.4, 0.5) is 0 Å². The van der Waals surface area contributed by atoms with Crippen LogP contribution in [0.2, 0.25) is 0 Å². The van der Waals surface area contributed by atoms with Gasteiger partial charge >= 0.3 is 0 Å². The Labute approximate surface area is 169 Å². The van der Waals surface area contributed by atoms with Gasteiger partial charge in [0.05, 0.1) is 4.51 Å². The lowest BCUT2D eigenvalue weighted by molar-refractivity contribution is 0.253. The van der Waals surface area contributed by atoms with Gasteiger partial charge in [0.1, 0.15) is 11.3 Å². The van der Waals surface area contributed by atoms with Gasteiger partial charge in [0.25, 0.3) is 0 Å². The molecule has 138 valence electrons. The topological polar surface area (TPSA) is 39.2 Å². The maximum atomic E-state index is 6.50. The van der Waals surface area contributed by atoms with Gasteiger partial charge in [-0.2, -0.15) is 0 Å². The first kappa shape index (κ1) is 17.4. The zero-order valence-electron chi connectivity index (χ0n) is 15.5. The Bertz CT molecular complexity index is 1200. The molecule has 1 aromatic heterocycles. The summed E-state index contributed by atoms with van der Waals surface area (Å²) in [5.74, 6) is 0.808. The Kier molecular flexibility index (Phi) is 4.15. The summed E-state index contributed by atoms with van der Waals surface area (Å²) in [4.78, 5) is 0. The zero-order chi connectivity index (χ0) is 19.1. The summed E-state index contributed by atoms with van der Waals surface area (Å²) in [6, 6.07) is 26.7. The molecule has 1 heterocycles. The Morgan fingerprint density at radius 2 is 1.46 bits per heavy atom. The van der Waals surface area contributed by atoms with Crippen LogP contribution in [0.3, 0.4) is 0 Å². The Morgan fingerprint density at radius 3 is 2.14 bits per heavy atom. The van der Waals surface area contributed by atoms with Crippen LogP contribution < -0.4 is 5.73 Å². The van der Waals surface area contributed by atoms with E-state index < -0.39 is 0 Å². The standard InChI is InChI=1S/C25H21NOS/c26-25(15-6-16-25)19-13-11-17(12-14-19)22-23(18-7-2-1-3-8-18)27-21-10-5-4-9-20(21)24(22)28/h1-5,7-14H,6,15-16,26H2. The number of para-hydroxylation sites is 1. The molecule has 0 bridgehead atoms. The van der Waals surface area contributed by atoms with E-state index in [1.54, 1.807) is 0 Å². The molecule has 1 fully saturated rings. The summed E-state index contributed by atoms with van der Waals surface area (Å²) in [7, 11) is 0. The van der Waals surface area contributed by atoms with Gasteiger partial charge in [0.2, 0.25) is 0 Å². The number of nitrogens with two attached hydrogens (primary N) is 1. The molecule has 2 nitrogen and oxygen atoms in total. The van der Waals surface area contributed by atoms with E-state index in [2.05, 4.69) is 36.4 Å². The van der Waals surface area contributed by atoms with Gasteiger partial charge in [-0.05, 0) is 42.5 Å². The minimum Gasteiger partial charge on any atom is -0.455 e. The van der Waals surface area contributed by atoms with Crippen molar-refractivity contribution in [1.82, 2.24) is 0 Å². The molecule has 0 saturated heterocycles. The average Bonchev–Trinajstić information content (AvgIpc) is 2.73. The normalized spacial score (nSPS) is 15.3. The molecule has 0 spiro atoms. The predicted molar refractivity (Wildman–Crippen MR) is 118 cm³/mol. The maximum Gasteiger partial charge on any atom is 0.143 e. The third-order valence-electron chi connectivity index (χ3n) is 5.83. The highest BCUT2D eigenvalue weighted by atomic mass is 32.1. The first-order chi connectivity index (χ1) is 13.7. The molecule has 0 aliphatic heterocycles. The van der Waals surface area contributed by atoms with E-state index in [0.29, 0.717) is 0 Å². The SMILES string of the molecule is NC1(c2ccc(-c3c(-c4ccccc4)oc4ccccc4c3=S)cc2)CCC1. The van der Waals surface area contributed by atoms with Gasteiger partial charge in [0, 0.05) is 22.1 Å². The Hall–Kier alpha value is -2.75. The fourth-order valence-corrected chi connectivity index (χ4v) is 4.39. The van der Waals surface area contributed by atoms with Crippen LogP contribution in [0.15, 0.2) is 83.3 Å². The summed E-state index contributed by atoms with van der Waals surface area (Å²) < 4.78 is 7.17. The summed E-state index contributed by atoms with van der Waals surface area (Å²) in [6.07, 6.45) is 3.31. The monoisotopic (exact) mass is 383 g/mol. The number of hydrogen-bond acceptors (Lipinski definition) is 3. The van der Waals surface area contributed by atoms with Gasteiger partial charge in [-0.15, -0.1) is 0 Å². The molecular weight excluding hydrogens is 362 g/mol. The van der Waals surface area contributed by atoms with Crippen molar-refractivity contribution in [3.63, 3.8) is 0 Å². The van der Waals surface area contributed by atoms with E-state index in [-0.39, 0.29) is 5.54 Å². The van der Waals surface area contributed by atoms with Crippen LogP contribution in [-0.2, 0) is 5.54 Å². The minimum atomic E-state index is -0.161.